The lowest BCUT2D eigenvalue weighted by Crippen LogP contribution is -2.39. The number of anilines is 1. The maximum Gasteiger partial charge on any atom is 0.407 e. The number of nitrogens with two attached hydrogens (primary N) is 1. The van der Waals surface area contributed by atoms with Crippen molar-refractivity contribution in [2.45, 2.75) is 25.8 Å². The summed E-state index contributed by atoms with van der Waals surface area (Å²) in [5.41, 5.74) is 6.71. The minimum atomic E-state index is -0.404. The van der Waals surface area contributed by atoms with E-state index in [1.165, 1.54) is 0 Å². The largest absolute Gasteiger partial charge is 0.497 e. The summed E-state index contributed by atoms with van der Waals surface area (Å²) < 4.78 is 10.1. The number of amides is 1. The number of guanidine groups is 1. The molecule has 126 valence electrons. The van der Waals surface area contributed by atoms with E-state index in [1.807, 2.05) is 24.3 Å². The molecule has 1 fully saturated rings. The Hall–Kier alpha value is -2.44. The number of carbonyl (C=O) groups is 1. The summed E-state index contributed by atoms with van der Waals surface area (Å²) in [6, 6.07) is 7.38. The Morgan fingerprint density at radius 3 is 2.91 bits per heavy atom. The molecule has 1 unspecified atom stereocenters. The fourth-order valence-electron chi connectivity index (χ4n) is 2.22. The molecule has 7 heteroatoms. The molecule has 0 saturated heterocycles. The quantitative estimate of drug-likeness (QED) is 0.527. The van der Waals surface area contributed by atoms with E-state index < -0.39 is 6.09 Å². The zero-order valence-corrected chi connectivity index (χ0v) is 13.5. The first-order valence-electron chi connectivity index (χ1n) is 7.76. The molecule has 1 aromatic carbocycles. The van der Waals surface area contributed by atoms with Gasteiger partial charge in [-0.2, -0.15) is 0 Å². The van der Waals surface area contributed by atoms with Crippen LogP contribution in [-0.4, -0.2) is 38.4 Å². The van der Waals surface area contributed by atoms with Gasteiger partial charge in [0.15, 0.2) is 5.96 Å². The summed E-state index contributed by atoms with van der Waals surface area (Å²) in [7, 11) is 1.61. The van der Waals surface area contributed by atoms with Crippen LogP contribution in [0.2, 0.25) is 0 Å². The fraction of sp³-hybridized carbons (Fsp3) is 0.500. The van der Waals surface area contributed by atoms with Crippen molar-refractivity contribution >= 4 is 17.7 Å². The Kier molecular flexibility index (Phi) is 6.08. The van der Waals surface area contributed by atoms with Gasteiger partial charge in [-0.1, -0.05) is 6.07 Å². The van der Waals surface area contributed by atoms with E-state index in [9.17, 15) is 4.79 Å². The van der Waals surface area contributed by atoms with E-state index in [4.69, 9.17) is 15.2 Å². The molecule has 7 nitrogen and oxygen atoms in total. The van der Waals surface area contributed by atoms with E-state index >= 15 is 0 Å². The first kappa shape index (κ1) is 16.9. The first-order chi connectivity index (χ1) is 11.1. The van der Waals surface area contributed by atoms with Crippen molar-refractivity contribution in [3.63, 3.8) is 0 Å². The number of hydrogen-bond donors (Lipinski definition) is 3. The summed E-state index contributed by atoms with van der Waals surface area (Å²) in [6.45, 7) is 2.55. The molecule has 1 aromatic rings. The van der Waals surface area contributed by atoms with Crippen LogP contribution in [0.5, 0.6) is 5.75 Å². The molecule has 1 aliphatic rings. The van der Waals surface area contributed by atoms with Crippen molar-refractivity contribution in [3.8, 4) is 5.75 Å². The SMILES string of the molecule is CCOC(=O)NC(CN=C(N)Nc1cccc(OC)c1)C1CC1. The van der Waals surface area contributed by atoms with Crippen LogP contribution in [-0.2, 0) is 4.74 Å². The Bertz CT molecular complexity index is 558. The topological polar surface area (TPSA) is 98.0 Å². The van der Waals surface area contributed by atoms with Crippen molar-refractivity contribution in [1.82, 2.24) is 5.32 Å². The number of rotatable bonds is 7. The van der Waals surface area contributed by atoms with E-state index in [-0.39, 0.29) is 6.04 Å². The molecule has 1 saturated carbocycles. The molecule has 0 spiro atoms. The molecule has 0 radical (unpaired) electrons. The summed E-state index contributed by atoms with van der Waals surface area (Å²) in [6.07, 6.45) is 1.78. The van der Waals surface area contributed by atoms with Gasteiger partial charge in [0.25, 0.3) is 0 Å². The number of benzene rings is 1. The van der Waals surface area contributed by atoms with Crippen molar-refractivity contribution in [3.05, 3.63) is 24.3 Å². The third kappa shape index (κ3) is 5.69. The predicted octanol–water partition coefficient (Wildman–Crippen LogP) is 1.95. The van der Waals surface area contributed by atoms with Gasteiger partial charge in [0.2, 0.25) is 0 Å². The van der Waals surface area contributed by atoms with Gasteiger partial charge in [-0.15, -0.1) is 0 Å². The molecule has 1 amide bonds. The van der Waals surface area contributed by atoms with E-state index in [0.29, 0.717) is 25.0 Å². The lowest BCUT2D eigenvalue weighted by Gasteiger charge is -2.16. The highest BCUT2D eigenvalue weighted by Gasteiger charge is 2.32. The van der Waals surface area contributed by atoms with Crippen LogP contribution < -0.4 is 21.1 Å². The van der Waals surface area contributed by atoms with E-state index in [1.54, 1.807) is 14.0 Å². The van der Waals surface area contributed by atoms with Crippen LogP contribution in [0.25, 0.3) is 0 Å². The number of carbonyl (C=O) groups excluding carboxylic acids is 1. The highest BCUT2D eigenvalue weighted by molar-refractivity contribution is 5.92. The van der Waals surface area contributed by atoms with Gasteiger partial charge >= 0.3 is 6.09 Å². The predicted molar refractivity (Wildman–Crippen MR) is 89.8 cm³/mol. The van der Waals surface area contributed by atoms with Gasteiger partial charge in [-0.25, -0.2) is 4.79 Å². The maximum absolute atomic E-state index is 11.5. The molecular formula is C16H24N4O3. The van der Waals surface area contributed by atoms with Gasteiger partial charge in [0.05, 0.1) is 26.3 Å². The minimum absolute atomic E-state index is 0.0419. The zero-order valence-electron chi connectivity index (χ0n) is 13.5. The third-order valence-corrected chi connectivity index (χ3v) is 3.57. The highest BCUT2D eigenvalue weighted by Crippen LogP contribution is 2.32. The average Bonchev–Trinajstić information content (AvgIpc) is 3.36. The first-order valence-corrected chi connectivity index (χ1v) is 7.76. The van der Waals surface area contributed by atoms with Crippen LogP contribution in [0.15, 0.2) is 29.3 Å². The second-order valence-corrected chi connectivity index (χ2v) is 5.39. The molecule has 1 aliphatic carbocycles. The molecule has 0 heterocycles. The van der Waals surface area contributed by atoms with Crippen LogP contribution in [0.3, 0.4) is 0 Å². The second-order valence-electron chi connectivity index (χ2n) is 5.39. The number of alkyl carbamates (subject to hydrolysis) is 1. The number of hydrogen-bond acceptors (Lipinski definition) is 4. The minimum Gasteiger partial charge on any atom is -0.497 e. The monoisotopic (exact) mass is 320 g/mol. The summed E-state index contributed by atoms with van der Waals surface area (Å²) in [5.74, 6) is 1.49. The number of ether oxygens (including phenoxy) is 2. The summed E-state index contributed by atoms with van der Waals surface area (Å²) in [4.78, 5) is 15.9. The molecule has 4 N–H and O–H groups in total. The van der Waals surface area contributed by atoms with Crippen molar-refractivity contribution in [1.29, 1.82) is 0 Å². The van der Waals surface area contributed by atoms with Crippen LogP contribution in [0.1, 0.15) is 19.8 Å². The second kappa shape index (κ2) is 8.26. The lowest BCUT2D eigenvalue weighted by molar-refractivity contribution is 0.147. The summed E-state index contributed by atoms with van der Waals surface area (Å²) >= 11 is 0. The van der Waals surface area contributed by atoms with Gasteiger partial charge in [0, 0.05) is 11.8 Å². The Morgan fingerprint density at radius 2 is 2.26 bits per heavy atom. The molecule has 2 rings (SSSR count). The van der Waals surface area contributed by atoms with E-state index in [2.05, 4.69) is 15.6 Å². The van der Waals surface area contributed by atoms with Gasteiger partial charge in [-0.05, 0) is 37.8 Å². The number of nitrogens with zero attached hydrogens (tertiary/aromatic N) is 1. The van der Waals surface area contributed by atoms with Gasteiger partial charge in [-0.3, -0.25) is 4.99 Å². The third-order valence-electron chi connectivity index (χ3n) is 3.57. The maximum atomic E-state index is 11.5. The molecule has 0 aliphatic heterocycles. The van der Waals surface area contributed by atoms with Crippen molar-refractivity contribution in [2.24, 2.45) is 16.6 Å². The number of aliphatic imine (C=N–C) groups is 1. The lowest BCUT2D eigenvalue weighted by atomic mass is 10.2. The molecular weight excluding hydrogens is 296 g/mol. The Balaban J connectivity index is 1.89. The molecule has 0 bridgehead atoms. The molecule has 0 aromatic heterocycles. The van der Waals surface area contributed by atoms with Crippen molar-refractivity contribution < 1.29 is 14.3 Å². The molecule has 1 atom stereocenters. The van der Waals surface area contributed by atoms with Crippen LogP contribution >= 0.6 is 0 Å². The number of nitrogens with one attached hydrogen (secondary N) is 2. The highest BCUT2D eigenvalue weighted by atomic mass is 16.5. The van der Waals surface area contributed by atoms with Gasteiger partial charge < -0.3 is 25.8 Å². The van der Waals surface area contributed by atoms with Gasteiger partial charge in [0.1, 0.15) is 5.75 Å². The average molecular weight is 320 g/mol. The molecule has 23 heavy (non-hydrogen) atoms. The van der Waals surface area contributed by atoms with Crippen molar-refractivity contribution in [2.75, 3.05) is 25.6 Å². The van der Waals surface area contributed by atoms with Crippen LogP contribution in [0.4, 0.5) is 10.5 Å². The smallest absolute Gasteiger partial charge is 0.407 e. The summed E-state index contributed by atoms with van der Waals surface area (Å²) in [5, 5.41) is 5.86. The number of methoxy groups -OCH3 is 1. The zero-order chi connectivity index (χ0) is 16.7. The van der Waals surface area contributed by atoms with Crippen LogP contribution in [0, 0.1) is 5.92 Å². The Morgan fingerprint density at radius 1 is 1.48 bits per heavy atom. The normalized spacial score (nSPS) is 15.7. The fourth-order valence-corrected chi connectivity index (χ4v) is 2.22. The van der Waals surface area contributed by atoms with E-state index in [0.717, 1.165) is 24.3 Å². The Labute approximate surface area is 136 Å². The standard InChI is InChI=1S/C16H24N4O3/c1-3-23-16(21)20-14(11-7-8-11)10-18-15(17)19-12-5-4-6-13(9-12)22-2/h4-6,9,11,14H,3,7-8,10H2,1-2H3,(H,20,21)(H3,17,18,19).